The van der Waals surface area contributed by atoms with Crippen LogP contribution in [0.3, 0.4) is 0 Å². The average molecular weight is 534 g/mol. The molecular formula is C29H31N3O3S2. The van der Waals surface area contributed by atoms with Crippen LogP contribution in [-0.4, -0.2) is 42.6 Å². The van der Waals surface area contributed by atoms with E-state index >= 15 is 0 Å². The molecule has 0 N–H and O–H groups in total. The third-order valence-corrected chi connectivity index (χ3v) is 9.08. The first-order valence-corrected chi connectivity index (χ1v) is 14.7. The lowest BCUT2D eigenvalue weighted by molar-refractivity contribution is -0.0440. The second-order valence-corrected chi connectivity index (χ2v) is 12.3. The minimum atomic E-state index is -3.65. The van der Waals surface area contributed by atoms with Crippen LogP contribution in [0.2, 0.25) is 0 Å². The standard InChI is InChI=1S/C29H31N3O3S2/c1-21-12-14-24(15-13-21)19-32-28(20-36-29(32)30-26-9-5-4-6-10-26)25-8-7-11-27(16-25)37(33,34)31-17-22(2)35-23(3)18-31/h4-16,20,22-23H,17-19H2,1-3H3. The molecule has 3 aromatic carbocycles. The van der Waals surface area contributed by atoms with Crippen molar-refractivity contribution >= 4 is 27.0 Å². The van der Waals surface area contributed by atoms with Gasteiger partial charge in [-0.05, 0) is 50.6 Å². The number of nitrogens with zero attached hydrogens (tertiary/aromatic N) is 3. The molecule has 6 nitrogen and oxygen atoms in total. The lowest BCUT2D eigenvalue weighted by atomic mass is 10.1. The second-order valence-electron chi connectivity index (χ2n) is 9.53. The summed E-state index contributed by atoms with van der Waals surface area (Å²) in [5, 5.41) is 2.06. The van der Waals surface area contributed by atoms with Crippen molar-refractivity contribution in [3.05, 3.63) is 100 Å². The second kappa shape index (κ2) is 10.8. The summed E-state index contributed by atoms with van der Waals surface area (Å²) in [7, 11) is -3.65. The molecule has 2 heterocycles. The van der Waals surface area contributed by atoms with E-state index in [0.29, 0.717) is 24.5 Å². The highest BCUT2D eigenvalue weighted by Gasteiger charge is 2.32. The molecule has 5 rings (SSSR count). The zero-order valence-electron chi connectivity index (χ0n) is 21.2. The fraction of sp³-hybridized carbons (Fsp3) is 0.276. The third-order valence-electron chi connectivity index (χ3n) is 6.39. The van der Waals surface area contributed by atoms with Gasteiger partial charge in [-0.2, -0.15) is 4.31 Å². The van der Waals surface area contributed by atoms with E-state index in [1.807, 2.05) is 56.3 Å². The number of aryl methyl sites for hydroxylation is 1. The first kappa shape index (κ1) is 25.6. The maximum absolute atomic E-state index is 13.6. The van der Waals surface area contributed by atoms with Crippen molar-refractivity contribution in [2.45, 2.75) is 44.4 Å². The topological polar surface area (TPSA) is 63.9 Å². The number of morpholine rings is 1. The van der Waals surface area contributed by atoms with Crippen LogP contribution in [0.1, 0.15) is 25.0 Å². The van der Waals surface area contributed by atoms with Crippen LogP contribution in [0.5, 0.6) is 0 Å². The van der Waals surface area contributed by atoms with Crippen molar-refractivity contribution in [1.29, 1.82) is 0 Å². The van der Waals surface area contributed by atoms with Crippen molar-refractivity contribution in [3.63, 3.8) is 0 Å². The molecule has 4 aromatic rings. The van der Waals surface area contributed by atoms with Crippen molar-refractivity contribution in [2.75, 3.05) is 13.1 Å². The van der Waals surface area contributed by atoms with Crippen LogP contribution in [-0.2, 0) is 21.3 Å². The Morgan fingerprint density at radius 1 is 0.946 bits per heavy atom. The Labute approximate surface area is 222 Å². The summed E-state index contributed by atoms with van der Waals surface area (Å²) in [5.74, 6) is 0. The molecule has 0 aliphatic carbocycles. The van der Waals surface area contributed by atoms with Gasteiger partial charge in [-0.3, -0.25) is 0 Å². The van der Waals surface area contributed by atoms with Gasteiger partial charge in [0, 0.05) is 24.0 Å². The molecule has 1 fully saturated rings. The van der Waals surface area contributed by atoms with Crippen LogP contribution in [0, 0.1) is 6.92 Å². The van der Waals surface area contributed by atoms with Gasteiger partial charge < -0.3 is 9.30 Å². The molecule has 0 radical (unpaired) electrons. The number of sulfonamides is 1. The van der Waals surface area contributed by atoms with E-state index in [0.717, 1.165) is 27.3 Å². The highest BCUT2D eigenvalue weighted by molar-refractivity contribution is 7.89. The predicted molar refractivity (Wildman–Crippen MR) is 148 cm³/mol. The van der Waals surface area contributed by atoms with Crippen molar-refractivity contribution in [1.82, 2.24) is 8.87 Å². The Bertz CT molecular complexity index is 1530. The number of aromatic nitrogens is 1. The van der Waals surface area contributed by atoms with Crippen LogP contribution >= 0.6 is 11.3 Å². The number of hydrogen-bond acceptors (Lipinski definition) is 5. The molecule has 0 spiro atoms. The van der Waals surface area contributed by atoms with E-state index in [2.05, 4.69) is 41.1 Å². The number of thiazole rings is 1. The molecule has 2 unspecified atom stereocenters. The van der Waals surface area contributed by atoms with Gasteiger partial charge in [0.25, 0.3) is 0 Å². The highest BCUT2D eigenvalue weighted by atomic mass is 32.2. The van der Waals surface area contributed by atoms with E-state index in [4.69, 9.17) is 9.73 Å². The SMILES string of the molecule is Cc1ccc(Cn2c(-c3cccc(S(=O)(=O)N4CC(C)OC(C)C4)c3)csc2=Nc2ccccc2)cc1. The van der Waals surface area contributed by atoms with Gasteiger partial charge in [-0.15, -0.1) is 11.3 Å². The number of benzene rings is 3. The Kier molecular flexibility index (Phi) is 7.44. The van der Waals surface area contributed by atoms with Crippen LogP contribution in [0.25, 0.3) is 11.3 Å². The van der Waals surface area contributed by atoms with Gasteiger partial charge in [-0.25, -0.2) is 13.4 Å². The molecule has 0 amide bonds. The number of hydrogen-bond donors (Lipinski definition) is 0. The van der Waals surface area contributed by atoms with Gasteiger partial charge in [0.2, 0.25) is 10.0 Å². The van der Waals surface area contributed by atoms with Crippen molar-refractivity contribution < 1.29 is 13.2 Å². The molecule has 1 aliphatic heterocycles. The minimum absolute atomic E-state index is 0.141. The summed E-state index contributed by atoms with van der Waals surface area (Å²) in [6, 6.07) is 25.6. The Morgan fingerprint density at radius 3 is 2.35 bits per heavy atom. The molecule has 0 saturated carbocycles. The summed E-state index contributed by atoms with van der Waals surface area (Å²) >= 11 is 1.55. The van der Waals surface area contributed by atoms with Gasteiger partial charge in [-0.1, -0.05) is 60.2 Å². The van der Waals surface area contributed by atoms with Crippen LogP contribution in [0.15, 0.2) is 94.1 Å². The molecular weight excluding hydrogens is 502 g/mol. The first-order valence-electron chi connectivity index (χ1n) is 12.4. The molecule has 37 heavy (non-hydrogen) atoms. The lowest BCUT2D eigenvalue weighted by Crippen LogP contribution is -2.48. The largest absolute Gasteiger partial charge is 0.373 e. The predicted octanol–water partition coefficient (Wildman–Crippen LogP) is 5.60. The van der Waals surface area contributed by atoms with Gasteiger partial charge in [0.1, 0.15) is 0 Å². The van der Waals surface area contributed by atoms with E-state index in [1.165, 1.54) is 9.87 Å². The number of para-hydroxylation sites is 1. The quantitative estimate of drug-likeness (QED) is 0.324. The smallest absolute Gasteiger partial charge is 0.243 e. The molecule has 1 aliphatic rings. The van der Waals surface area contributed by atoms with Crippen LogP contribution in [0.4, 0.5) is 5.69 Å². The monoisotopic (exact) mass is 533 g/mol. The summed E-state index contributed by atoms with van der Waals surface area (Å²) in [6.45, 7) is 7.22. The van der Waals surface area contributed by atoms with Gasteiger partial charge in [0.15, 0.2) is 4.80 Å². The first-order chi connectivity index (χ1) is 17.8. The van der Waals surface area contributed by atoms with E-state index in [-0.39, 0.29) is 12.2 Å². The van der Waals surface area contributed by atoms with E-state index in [9.17, 15) is 8.42 Å². The zero-order chi connectivity index (χ0) is 26.0. The Hall–Kier alpha value is -3.04. The lowest BCUT2D eigenvalue weighted by Gasteiger charge is -2.34. The zero-order valence-corrected chi connectivity index (χ0v) is 22.9. The molecule has 1 aromatic heterocycles. The fourth-order valence-electron chi connectivity index (χ4n) is 4.58. The van der Waals surface area contributed by atoms with Gasteiger partial charge >= 0.3 is 0 Å². The fourth-order valence-corrected chi connectivity index (χ4v) is 7.15. The average Bonchev–Trinajstić information content (AvgIpc) is 3.27. The Balaban J connectivity index is 1.57. The molecule has 1 saturated heterocycles. The highest BCUT2D eigenvalue weighted by Crippen LogP contribution is 2.27. The maximum Gasteiger partial charge on any atom is 0.243 e. The van der Waals surface area contributed by atoms with E-state index < -0.39 is 10.0 Å². The summed E-state index contributed by atoms with van der Waals surface area (Å²) in [6.07, 6.45) is -0.283. The summed E-state index contributed by atoms with van der Waals surface area (Å²) in [5.41, 5.74) is 5.01. The minimum Gasteiger partial charge on any atom is -0.373 e. The normalized spacial score (nSPS) is 19.3. The summed E-state index contributed by atoms with van der Waals surface area (Å²) in [4.78, 5) is 6.05. The third kappa shape index (κ3) is 5.78. The Morgan fingerprint density at radius 2 is 1.65 bits per heavy atom. The van der Waals surface area contributed by atoms with E-state index in [1.54, 1.807) is 23.5 Å². The van der Waals surface area contributed by atoms with Gasteiger partial charge in [0.05, 0.1) is 35.0 Å². The maximum atomic E-state index is 13.6. The molecule has 0 bridgehead atoms. The van der Waals surface area contributed by atoms with Crippen molar-refractivity contribution in [3.8, 4) is 11.3 Å². The number of ether oxygens (including phenoxy) is 1. The van der Waals surface area contributed by atoms with Crippen molar-refractivity contribution in [2.24, 2.45) is 4.99 Å². The molecule has 192 valence electrons. The molecule has 8 heteroatoms. The summed E-state index contributed by atoms with van der Waals surface area (Å²) < 4.78 is 36.6. The molecule has 2 atom stereocenters. The number of rotatable bonds is 6. The van der Waals surface area contributed by atoms with Crippen LogP contribution < -0.4 is 4.80 Å².